The number of rotatable bonds is 6. The second-order valence-corrected chi connectivity index (χ2v) is 6.14. The molecule has 4 nitrogen and oxygen atoms in total. The number of aromatic nitrogens is 2. The smallest absolute Gasteiger partial charge is 0.137 e. The zero-order valence-corrected chi connectivity index (χ0v) is 11.8. The van der Waals surface area contributed by atoms with Gasteiger partial charge in [0.1, 0.15) is 5.65 Å². The van der Waals surface area contributed by atoms with Gasteiger partial charge in [0.2, 0.25) is 0 Å². The van der Waals surface area contributed by atoms with Crippen LogP contribution in [-0.2, 0) is 17.3 Å². The summed E-state index contributed by atoms with van der Waals surface area (Å²) in [4.78, 5) is 4.47. The van der Waals surface area contributed by atoms with E-state index < -0.39 is 10.8 Å². The van der Waals surface area contributed by atoms with Crippen LogP contribution in [0.3, 0.4) is 0 Å². The van der Waals surface area contributed by atoms with Crippen LogP contribution < -0.4 is 5.32 Å². The van der Waals surface area contributed by atoms with Crippen LogP contribution in [-0.4, -0.2) is 32.1 Å². The van der Waals surface area contributed by atoms with Gasteiger partial charge < -0.3 is 9.72 Å². The molecule has 1 N–H and O–H groups in total. The van der Waals surface area contributed by atoms with Gasteiger partial charge in [-0.15, -0.1) is 0 Å². The second-order valence-electron chi connectivity index (χ2n) is 4.15. The molecule has 0 saturated carbocycles. The highest BCUT2D eigenvalue weighted by Crippen LogP contribution is 2.11. The molecule has 0 amide bonds. The van der Waals surface area contributed by atoms with E-state index in [0.29, 0.717) is 5.02 Å². The molecule has 0 bridgehead atoms. The number of pyridine rings is 1. The van der Waals surface area contributed by atoms with Gasteiger partial charge in [-0.1, -0.05) is 11.6 Å². The Labute approximate surface area is 114 Å². The Morgan fingerprint density at radius 3 is 3.06 bits per heavy atom. The zero-order valence-electron chi connectivity index (χ0n) is 10.2. The van der Waals surface area contributed by atoms with Crippen molar-refractivity contribution in [3.8, 4) is 0 Å². The Balaban J connectivity index is 1.86. The van der Waals surface area contributed by atoms with Gasteiger partial charge in [0, 0.05) is 41.7 Å². The highest BCUT2D eigenvalue weighted by Gasteiger charge is 2.01. The van der Waals surface area contributed by atoms with Crippen molar-refractivity contribution < 1.29 is 4.21 Å². The van der Waals surface area contributed by atoms with Crippen molar-refractivity contribution in [3.05, 3.63) is 35.2 Å². The topological polar surface area (TPSA) is 46.4 Å². The van der Waals surface area contributed by atoms with Gasteiger partial charge in [0.05, 0.1) is 10.7 Å². The molecule has 18 heavy (non-hydrogen) atoms. The predicted molar refractivity (Wildman–Crippen MR) is 75.5 cm³/mol. The Morgan fingerprint density at radius 2 is 2.28 bits per heavy atom. The van der Waals surface area contributed by atoms with Crippen molar-refractivity contribution in [2.24, 2.45) is 0 Å². The Kier molecular flexibility index (Phi) is 4.74. The summed E-state index contributed by atoms with van der Waals surface area (Å²) in [6.07, 6.45) is 6.45. The fourth-order valence-corrected chi connectivity index (χ4v) is 2.44. The third-order valence-corrected chi connectivity index (χ3v) is 3.64. The number of hydrogen-bond acceptors (Lipinski definition) is 3. The molecule has 0 aliphatic heterocycles. The summed E-state index contributed by atoms with van der Waals surface area (Å²) in [5, 5.41) is 3.99. The normalized spacial score (nSPS) is 13.0. The van der Waals surface area contributed by atoms with Crippen LogP contribution >= 0.6 is 11.6 Å². The molecule has 0 aliphatic carbocycles. The van der Waals surface area contributed by atoms with Gasteiger partial charge in [-0.25, -0.2) is 4.98 Å². The van der Waals surface area contributed by atoms with Gasteiger partial charge in [-0.3, -0.25) is 4.21 Å². The maximum atomic E-state index is 10.9. The van der Waals surface area contributed by atoms with Crippen molar-refractivity contribution in [3.63, 3.8) is 0 Å². The van der Waals surface area contributed by atoms with Gasteiger partial charge in [-0.05, 0) is 25.1 Å². The number of fused-ring (bicyclic) bond motifs is 1. The van der Waals surface area contributed by atoms with E-state index in [2.05, 4.69) is 10.3 Å². The molecule has 2 aromatic heterocycles. The van der Waals surface area contributed by atoms with E-state index in [9.17, 15) is 4.21 Å². The van der Waals surface area contributed by atoms with E-state index in [0.717, 1.165) is 36.6 Å². The highest BCUT2D eigenvalue weighted by molar-refractivity contribution is 7.84. The summed E-state index contributed by atoms with van der Waals surface area (Å²) in [5.74, 6) is 0.744. The minimum atomic E-state index is -0.703. The average Bonchev–Trinajstić information content (AvgIpc) is 2.70. The zero-order chi connectivity index (χ0) is 13.0. The lowest BCUT2D eigenvalue weighted by molar-refractivity contribution is 0.657. The number of imidazole rings is 1. The molecule has 0 aromatic carbocycles. The minimum Gasteiger partial charge on any atom is -0.311 e. The summed E-state index contributed by atoms with van der Waals surface area (Å²) in [7, 11) is -0.703. The molecular formula is C12H16ClN3OS. The van der Waals surface area contributed by atoms with E-state index in [1.807, 2.05) is 28.9 Å². The lowest BCUT2D eigenvalue weighted by Crippen LogP contribution is -2.16. The largest absolute Gasteiger partial charge is 0.311 e. The number of halogens is 1. The fraction of sp³-hybridized carbons (Fsp3) is 0.417. The molecule has 1 atom stereocenters. The first-order valence-electron chi connectivity index (χ1n) is 5.79. The summed E-state index contributed by atoms with van der Waals surface area (Å²) >= 11 is 5.91. The lowest BCUT2D eigenvalue weighted by Gasteiger charge is -2.00. The highest BCUT2D eigenvalue weighted by atomic mass is 35.5. The third kappa shape index (κ3) is 3.80. The predicted octanol–water partition coefficient (Wildman–Crippen LogP) is 1.85. The van der Waals surface area contributed by atoms with Crippen molar-refractivity contribution in [2.45, 2.75) is 13.0 Å². The van der Waals surface area contributed by atoms with E-state index in [4.69, 9.17) is 11.6 Å². The summed E-state index contributed by atoms with van der Waals surface area (Å²) in [6.45, 7) is 1.57. The third-order valence-electron chi connectivity index (χ3n) is 2.56. The molecule has 98 valence electrons. The van der Waals surface area contributed by atoms with Crippen LogP contribution in [0.5, 0.6) is 0 Å². The van der Waals surface area contributed by atoms with Crippen molar-refractivity contribution in [1.82, 2.24) is 14.7 Å². The lowest BCUT2D eigenvalue weighted by atomic mass is 10.4. The Bertz CT molecular complexity index is 555. The maximum absolute atomic E-state index is 10.9. The van der Waals surface area contributed by atoms with Gasteiger partial charge >= 0.3 is 0 Å². The van der Waals surface area contributed by atoms with E-state index in [-0.39, 0.29) is 0 Å². The van der Waals surface area contributed by atoms with Crippen LogP contribution in [0, 0.1) is 0 Å². The molecule has 6 heteroatoms. The van der Waals surface area contributed by atoms with Gasteiger partial charge in [0.15, 0.2) is 0 Å². The number of nitrogens with zero attached hydrogens (tertiary/aromatic N) is 2. The van der Waals surface area contributed by atoms with Gasteiger partial charge in [0.25, 0.3) is 0 Å². The molecule has 0 saturated heterocycles. The quantitative estimate of drug-likeness (QED) is 0.824. The molecule has 0 aliphatic rings. The molecule has 2 rings (SSSR count). The van der Waals surface area contributed by atoms with Crippen LogP contribution in [0.15, 0.2) is 24.5 Å². The van der Waals surface area contributed by atoms with Crippen LogP contribution in [0.2, 0.25) is 5.02 Å². The van der Waals surface area contributed by atoms with Crippen LogP contribution in [0.1, 0.15) is 12.1 Å². The van der Waals surface area contributed by atoms with E-state index in [1.54, 1.807) is 6.26 Å². The monoisotopic (exact) mass is 285 g/mol. The van der Waals surface area contributed by atoms with Gasteiger partial charge in [-0.2, -0.15) is 0 Å². The first kappa shape index (κ1) is 13.5. The second kappa shape index (κ2) is 6.31. The number of nitrogens with one attached hydrogen (secondary N) is 1. The SMILES string of the molecule is CS(=O)CCCNCc1cn2cc(Cl)ccc2n1. The standard InChI is InChI=1S/C12H16ClN3OS/c1-18(17)6-2-5-14-7-11-9-16-8-10(13)3-4-12(16)15-11/h3-4,8-9,14H,2,5-7H2,1H3. The van der Waals surface area contributed by atoms with Crippen LogP contribution in [0.4, 0.5) is 0 Å². The molecular weight excluding hydrogens is 270 g/mol. The average molecular weight is 286 g/mol. The maximum Gasteiger partial charge on any atom is 0.137 e. The molecule has 0 fully saturated rings. The van der Waals surface area contributed by atoms with Crippen molar-refractivity contribution in [2.75, 3.05) is 18.6 Å². The number of hydrogen-bond donors (Lipinski definition) is 1. The summed E-state index contributed by atoms with van der Waals surface area (Å²) in [6, 6.07) is 3.73. The summed E-state index contributed by atoms with van der Waals surface area (Å²) < 4.78 is 12.8. The minimum absolute atomic E-state index is 0.699. The van der Waals surface area contributed by atoms with E-state index >= 15 is 0 Å². The first-order valence-corrected chi connectivity index (χ1v) is 7.89. The molecule has 2 heterocycles. The van der Waals surface area contributed by atoms with Crippen molar-refractivity contribution >= 4 is 28.0 Å². The molecule has 1 unspecified atom stereocenters. The van der Waals surface area contributed by atoms with Crippen LogP contribution in [0.25, 0.3) is 5.65 Å². The molecule has 0 radical (unpaired) electrons. The Hall–Kier alpha value is -0.910. The fourth-order valence-electron chi connectivity index (χ4n) is 1.72. The summed E-state index contributed by atoms with van der Waals surface area (Å²) in [5.41, 5.74) is 1.88. The molecule has 0 spiro atoms. The Morgan fingerprint density at radius 1 is 1.44 bits per heavy atom. The van der Waals surface area contributed by atoms with Crippen molar-refractivity contribution in [1.29, 1.82) is 0 Å². The molecule has 2 aromatic rings. The first-order chi connectivity index (χ1) is 8.65. The van der Waals surface area contributed by atoms with E-state index in [1.165, 1.54) is 0 Å².